The molecule has 7 nitrogen and oxygen atoms in total. The Morgan fingerprint density at radius 3 is 2.61 bits per heavy atom. The largest absolute Gasteiger partial charge is 0.381 e. The van der Waals surface area contributed by atoms with Gasteiger partial charge >= 0.3 is 6.03 Å². The molecule has 31 heavy (non-hydrogen) atoms. The van der Waals surface area contributed by atoms with Crippen LogP contribution in [-0.4, -0.2) is 53.0 Å². The van der Waals surface area contributed by atoms with Gasteiger partial charge in [-0.25, -0.2) is 4.79 Å². The van der Waals surface area contributed by atoms with Crippen LogP contribution in [0.25, 0.3) is 5.57 Å². The lowest BCUT2D eigenvalue weighted by Gasteiger charge is -2.28. The number of carbonyl (C=O) groups excluding carboxylic acids is 2. The van der Waals surface area contributed by atoms with Gasteiger partial charge in [0.05, 0.1) is 12.5 Å². The molecule has 0 spiro atoms. The summed E-state index contributed by atoms with van der Waals surface area (Å²) in [4.78, 5) is 33.0. The zero-order valence-corrected chi connectivity index (χ0v) is 17.4. The zero-order valence-electron chi connectivity index (χ0n) is 17.4. The maximum Gasteiger partial charge on any atom is 0.322 e. The van der Waals surface area contributed by atoms with Crippen LogP contribution in [0.15, 0.2) is 48.8 Å². The lowest BCUT2D eigenvalue weighted by Crippen LogP contribution is -2.39. The number of nitrogens with one attached hydrogen (secondary N) is 1. The smallest absolute Gasteiger partial charge is 0.322 e. The van der Waals surface area contributed by atoms with Crippen molar-refractivity contribution in [3.8, 4) is 0 Å². The molecule has 0 aliphatic carbocycles. The first-order valence-electron chi connectivity index (χ1n) is 10.8. The lowest BCUT2D eigenvalue weighted by atomic mass is 9.98. The minimum absolute atomic E-state index is 0.0255. The number of ether oxygens (including phenoxy) is 1. The van der Waals surface area contributed by atoms with E-state index in [0.29, 0.717) is 32.8 Å². The minimum Gasteiger partial charge on any atom is -0.381 e. The number of urea groups is 1. The molecular weight excluding hydrogens is 392 g/mol. The molecule has 0 radical (unpaired) electrons. The highest BCUT2D eigenvalue weighted by molar-refractivity contribution is 5.90. The number of fused-ring (bicyclic) bond motifs is 1. The standard InChI is InChI=1S/C24H26N4O3/c29-23(20-8-12-31-16-20)27-10-6-18(7-11-27)17-1-3-22(4-2-17)26-24(30)28-14-19-5-9-25-13-21(19)15-28/h1-6,9,13,20H,7-8,10-12,14-16H2,(H,26,30)/t20-/m1/s1. The van der Waals surface area contributed by atoms with Crippen molar-refractivity contribution in [2.45, 2.75) is 25.9 Å². The molecule has 3 aliphatic heterocycles. The molecule has 1 aromatic heterocycles. The molecular formula is C24H26N4O3. The molecule has 1 N–H and O–H groups in total. The third kappa shape index (κ3) is 4.18. The molecule has 5 rings (SSSR count). The number of nitrogens with zero attached hydrogens (tertiary/aromatic N) is 3. The molecule has 1 atom stereocenters. The van der Waals surface area contributed by atoms with Gasteiger partial charge in [-0.2, -0.15) is 0 Å². The number of hydrogen-bond acceptors (Lipinski definition) is 4. The van der Waals surface area contributed by atoms with Crippen molar-refractivity contribution in [1.82, 2.24) is 14.8 Å². The molecule has 1 fully saturated rings. The summed E-state index contributed by atoms with van der Waals surface area (Å²) in [7, 11) is 0. The summed E-state index contributed by atoms with van der Waals surface area (Å²) in [6.07, 6.45) is 7.40. The third-order valence-electron chi connectivity index (χ3n) is 6.32. The van der Waals surface area contributed by atoms with E-state index in [9.17, 15) is 9.59 Å². The number of aromatic nitrogens is 1. The number of carbonyl (C=O) groups is 2. The van der Waals surface area contributed by atoms with Gasteiger partial charge in [-0.15, -0.1) is 0 Å². The van der Waals surface area contributed by atoms with Gasteiger partial charge in [0.1, 0.15) is 0 Å². The number of hydrogen-bond donors (Lipinski definition) is 1. The van der Waals surface area contributed by atoms with Crippen LogP contribution in [0.3, 0.4) is 0 Å². The summed E-state index contributed by atoms with van der Waals surface area (Å²) in [6, 6.07) is 9.80. The fourth-order valence-corrected chi connectivity index (χ4v) is 4.45. The summed E-state index contributed by atoms with van der Waals surface area (Å²) in [5.41, 5.74) is 5.40. The molecule has 2 aromatic rings. The van der Waals surface area contributed by atoms with Gasteiger partial charge in [0.25, 0.3) is 0 Å². The fourth-order valence-electron chi connectivity index (χ4n) is 4.45. The van der Waals surface area contributed by atoms with Crippen molar-refractivity contribution in [1.29, 1.82) is 0 Å². The van der Waals surface area contributed by atoms with Gasteiger partial charge in [-0.1, -0.05) is 18.2 Å². The summed E-state index contributed by atoms with van der Waals surface area (Å²) in [5.74, 6) is 0.239. The van der Waals surface area contributed by atoms with Crippen molar-refractivity contribution >= 4 is 23.2 Å². The molecule has 0 bridgehead atoms. The van der Waals surface area contributed by atoms with Gasteiger partial charge in [0.2, 0.25) is 5.91 Å². The van der Waals surface area contributed by atoms with Gasteiger partial charge in [0.15, 0.2) is 0 Å². The lowest BCUT2D eigenvalue weighted by molar-refractivity contribution is -0.135. The van der Waals surface area contributed by atoms with Crippen molar-refractivity contribution < 1.29 is 14.3 Å². The van der Waals surface area contributed by atoms with Crippen molar-refractivity contribution in [2.75, 3.05) is 31.6 Å². The van der Waals surface area contributed by atoms with Crippen LogP contribution in [0.2, 0.25) is 0 Å². The Hall–Kier alpha value is -3.19. The van der Waals surface area contributed by atoms with E-state index in [-0.39, 0.29) is 17.9 Å². The Labute approximate surface area is 181 Å². The molecule has 3 amide bonds. The fraction of sp³-hybridized carbons (Fsp3) is 0.375. The quantitative estimate of drug-likeness (QED) is 0.830. The minimum atomic E-state index is -0.106. The van der Waals surface area contributed by atoms with Crippen LogP contribution in [0.1, 0.15) is 29.5 Å². The van der Waals surface area contributed by atoms with E-state index in [2.05, 4.69) is 16.4 Å². The predicted octanol–water partition coefficient (Wildman–Crippen LogP) is 3.28. The predicted molar refractivity (Wildman–Crippen MR) is 117 cm³/mol. The first-order valence-corrected chi connectivity index (χ1v) is 10.8. The molecule has 3 aliphatic rings. The number of anilines is 1. The van der Waals surface area contributed by atoms with Crippen LogP contribution < -0.4 is 5.32 Å². The second-order valence-electron chi connectivity index (χ2n) is 8.33. The highest BCUT2D eigenvalue weighted by Crippen LogP contribution is 2.26. The van der Waals surface area contributed by atoms with Gasteiger partial charge in [0, 0.05) is 50.9 Å². The van der Waals surface area contributed by atoms with E-state index in [1.807, 2.05) is 41.4 Å². The number of pyridine rings is 1. The topological polar surface area (TPSA) is 74.8 Å². The van der Waals surface area contributed by atoms with E-state index in [0.717, 1.165) is 41.8 Å². The molecule has 160 valence electrons. The monoisotopic (exact) mass is 418 g/mol. The Bertz CT molecular complexity index is 987. The normalized spacial score (nSPS) is 20.4. The number of amides is 3. The summed E-state index contributed by atoms with van der Waals surface area (Å²) < 4.78 is 5.35. The molecule has 7 heteroatoms. The van der Waals surface area contributed by atoms with Crippen LogP contribution in [0.5, 0.6) is 0 Å². The number of benzene rings is 1. The van der Waals surface area contributed by atoms with Crippen molar-refractivity contribution in [3.63, 3.8) is 0 Å². The van der Waals surface area contributed by atoms with Crippen molar-refractivity contribution in [2.24, 2.45) is 5.92 Å². The van der Waals surface area contributed by atoms with Crippen molar-refractivity contribution in [3.05, 3.63) is 65.5 Å². The summed E-state index contributed by atoms with van der Waals surface area (Å²) in [5, 5.41) is 2.98. The van der Waals surface area contributed by atoms with Gasteiger partial charge < -0.3 is 19.9 Å². The highest BCUT2D eigenvalue weighted by Gasteiger charge is 2.29. The Morgan fingerprint density at radius 2 is 1.90 bits per heavy atom. The first-order chi connectivity index (χ1) is 15.2. The Balaban J connectivity index is 1.17. The highest BCUT2D eigenvalue weighted by atomic mass is 16.5. The summed E-state index contributed by atoms with van der Waals surface area (Å²) in [6.45, 7) is 3.83. The van der Waals surface area contributed by atoms with E-state index >= 15 is 0 Å². The van der Waals surface area contributed by atoms with E-state index in [1.165, 1.54) is 5.57 Å². The van der Waals surface area contributed by atoms with Crippen LogP contribution in [0.4, 0.5) is 10.5 Å². The second kappa shape index (κ2) is 8.51. The van der Waals surface area contributed by atoms with E-state index < -0.39 is 0 Å². The van der Waals surface area contributed by atoms with E-state index in [1.54, 1.807) is 11.1 Å². The Kier molecular flexibility index (Phi) is 5.42. The second-order valence-corrected chi connectivity index (χ2v) is 8.33. The summed E-state index contributed by atoms with van der Waals surface area (Å²) >= 11 is 0. The average molecular weight is 418 g/mol. The SMILES string of the molecule is O=C(Nc1ccc(C2=CCN(C(=O)[C@@H]3CCOC3)CC2)cc1)N1Cc2ccncc2C1. The molecule has 1 aromatic carbocycles. The first kappa shape index (κ1) is 19.8. The molecule has 4 heterocycles. The van der Waals surface area contributed by atoms with Gasteiger partial charge in [-0.3, -0.25) is 9.78 Å². The van der Waals surface area contributed by atoms with Crippen LogP contribution in [0, 0.1) is 5.92 Å². The Morgan fingerprint density at radius 1 is 1.06 bits per heavy atom. The third-order valence-corrected chi connectivity index (χ3v) is 6.32. The van der Waals surface area contributed by atoms with E-state index in [4.69, 9.17) is 4.74 Å². The maximum atomic E-state index is 12.6. The van der Waals surface area contributed by atoms with Gasteiger partial charge in [-0.05, 0) is 53.3 Å². The molecule has 0 saturated carbocycles. The molecule has 1 saturated heterocycles. The van der Waals surface area contributed by atoms with Crippen LogP contribution in [-0.2, 0) is 22.6 Å². The maximum absolute atomic E-state index is 12.6. The van der Waals surface area contributed by atoms with Crippen LogP contribution >= 0.6 is 0 Å². The zero-order chi connectivity index (χ0) is 21.2. The molecule has 0 unspecified atom stereocenters. The average Bonchev–Trinajstić information content (AvgIpc) is 3.49. The number of rotatable bonds is 3.